The molecule has 0 saturated heterocycles. The lowest BCUT2D eigenvalue weighted by Crippen LogP contribution is -2.38. The molecule has 1 aromatic carbocycles. The Labute approximate surface area is 162 Å². The Bertz CT molecular complexity index is 810. The number of carbonyl (C=O) groups excluding carboxylic acids is 2. The van der Waals surface area contributed by atoms with Crippen LogP contribution in [-0.2, 0) is 30.8 Å². The summed E-state index contributed by atoms with van der Waals surface area (Å²) < 4.78 is 26.4. The molecule has 1 aliphatic rings. The van der Waals surface area contributed by atoms with E-state index < -0.39 is 37.8 Å². The number of nitrogens with one attached hydrogen (secondary N) is 1. The van der Waals surface area contributed by atoms with Gasteiger partial charge in [0.1, 0.15) is 9.75 Å². The first-order chi connectivity index (χ1) is 11.9. The Hall–Kier alpha value is -1.35. The Balaban J connectivity index is 1.79. The molecule has 0 radical (unpaired) electrons. The largest absolute Gasteiger partial charge is 0.452 e. The SMILES string of the molecule is CC(OC(=O)C1(C)CC1(Cl)Cl)C(=O)NCCc1ccc(S(N)(=O)=O)cc1. The van der Waals surface area contributed by atoms with Gasteiger partial charge >= 0.3 is 5.97 Å². The van der Waals surface area contributed by atoms with Gasteiger partial charge in [-0.15, -0.1) is 23.2 Å². The molecule has 1 aromatic rings. The minimum Gasteiger partial charge on any atom is -0.452 e. The maximum Gasteiger partial charge on any atom is 0.315 e. The Morgan fingerprint density at radius 1 is 1.31 bits per heavy atom. The van der Waals surface area contributed by atoms with E-state index in [9.17, 15) is 18.0 Å². The molecule has 0 aliphatic heterocycles. The maximum atomic E-state index is 12.0. The van der Waals surface area contributed by atoms with Gasteiger partial charge in [0.2, 0.25) is 10.0 Å². The van der Waals surface area contributed by atoms with Crippen molar-refractivity contribution in [3.05, 3.63) is 29.8 Å². The molecular weight excluding hydrogens is 403 g/mol. The third-order valence-corrected chi connectivity index (χ3v) is 6.36. The number of rotatable bonds is 7. The molecular formula is C16H20Cl2N2O5S. The van der Waals surface area contributed by atoms with Gasteiger partial charge in [0, 0.05) is 13.0 Å². The number of hydrogen-bond donors (Lipinski definition) is 2. The summed E-state index contributed by atoms with van der Waals surface area (Å²) in [5.41, 5.74) is -0.169. The molecule has 7 nitrogen and oxygen atoms in total. The third kappa shape index (κ3) is 4.68. The first-order valence-electron chi connectivity index (χ1n) is 7.85. The van der Waals surface area contributed by atoms with Crippen LogP contribution in [0.25, 0.3) is 0 Å². The minimum absolute atomic E-state index is 0.0223. The van der Waals surface area contributed by atoms with Crippen molar-refractivity contribution in [1.82, 2.24) is 5.32 Å². The van der Waals surface area contributed by atoms with E-state index >= 15 is 0 Å². The first kappa shape index (κ1) is 21.0. The maximum absolute atomic E-state index is 12.0. The van der Waals surface area contributed by atoms with Gasteiger partial charge in [0.05, 0.1) is 4.90 Å². The zero-order valence-corrected chi connectivity index (χ0v) is 16.6. The second-order valence-corrected chi connectivity index (χ2v) is 9.54. The Morgan fingerprint density at radius 2 is 1.85 bits per heavy atom. The summed E-state index contributed by atoms with van der Waals surface area (Å²) in [6.07, 6.45) is -0.222. The van der Waals surface area contributed by atoms with Gasteiger partial charge in [0.15, 0.2) is 6.10 Å². The highest BCUT2D eigenvalue weighted by Gasteiger charge is 2.69. The van der Waals surface area contributed by atoms with Crippen molar-refractivity contribution in [2.45, 2.75) is 42.0 Å². The smallest absolute Gasteiger partial charge is 0.315 e. The fourth-order valence-electron chi connectivity index (χ4n) is 2.29. The zero-order valence-electron chi connectivity index (χ0n) is 14.3. The van der Waals surface area contributed by atoms with Crippen LogP contribution in [0.5, 0.6) is 0 Å². The summed E-state index contributed by atoms with van der Waals surface area (Å²) >= 11 is 11.8. The van der Waals surface area contributed by atoms with Crippen LogP contribution >= 0.6 is 23.2 Å². The van der Waals surface area contributed by atoms with E-state index in [1.165, 1.54) is 19.1 Å². The van der Waals surface area contributed by atoms with E-state index in [1.54, 1.807) is 19.1 Å². The van der Waals surface area contributed by atoms with Crippen molar-refractivity contribution in [3.8, 4) is 0 Å². The molecule has 1 amide bonds. The average Bonchev–Trinajstić information content (AvgIpc) is 3.06. The molecule has 1 aliphatic carbocycles. The highest BCUT2D eigenvalue weighted by atomic mass is 35.5. The highest BCUT2D eigenvalue weighted by molar-refractivity contribution is 7.89. The molecule has 2 rings (SSSR count). The van der Waals surface area contributed by atoms with Gasteiger partial charge in [-0.3, -0.25) is 9.59 Å². The average molecular weight is 423 g/mol. The molecule has 1 saturated carbocycles. The Morgan fingerprint density at radius 3 is 2.31 bits per heavy atom. The second kappa shape index (κ2) is 7.34. The number of primary sulfonamides is 1. The number of hydrogen-bond acceptors (Lipinski definition) is 5. The number of ether oxygens (including phenoxy) is 1. The number of benzene rings is 1. The standard InChI is InChI=1S/C16H20Cl2N2O5S/c1-10(25-14(22)15(2)9-16(15,17)18)13(21)20-8-7-11-3-5-12(6-4-11)26(19,23)24/h3-6,10H,7-9H2,1-2H3,(H,20,21)(H2,19,23,24). The predicted molar refractivity (Wildman–Crippen MR) is 97.2 cm³/mol. The molecule has 0 aromatic heterocycles. The number of carbonyl (C=O) groups is 2. The monoisotopic (exact) mass is 422 g/mol. The van der Waals surface area contributed by atoms with Crippen molar-refractivity contribution >= 4 is 45.1 Å². The lowest BCUT2D eigenvalue weighted by molar-refractivity contribution is -0.159. The molecule has 3 N–H and O–H groups in total. The summed E-state index contributed by atoms with van der Waals surface area (Å²) in [6.45, 7) is 3.34. The molecule has 2 atom stereocenters. The summed E-state index contributed by atoms with van der Waals surface area (Å²) in [5, 5.41) is 7.68. The summed E-state index contributed by atoms with van der Waals surface area (Å²) in [7, 11) is -3.73. The quantitative estimate of drug-likeness (QED) is 0.510. The van der Waals surface area contributed by atoms with Crippen LogP contribution in [0.2, 0.25) is 0 Å². The Kier molecular flexibility index (Phi) is 5.92. The van der Waals surface area contributed by atoms with Crippen molar-refractivity contribution in [2.24, 2.45) is 10.6 Å². The van der Waals surface area contributed by atoms with Crippen LogP contribution in [0.15, 0.2) is 29.2 Å². The van der Waals surface area contributed by atoms with E-state index in [0.29, 0.717) is 13.0 Å². The second-order valence-electron chi connectivity index (χ2n) is 6.49. The van der Waals surface area contributed by atoms with Crippen molar-refractivity contribution in [1.29, 1.82) is 0 Å². The van der Waals surface area contributed by atoms with Crippen LogP contribution in [-0.4, -0.2) is 37.3 Å². The number of alkyl halides is 2. The molecule has 0 bridgehead atoms. The normalized spacial score (nSPS) is 22.3. The van der Waals surface area contributed by atoms with E-state index in [0.717, 1.165) is 5.56 Å². The van der Waals surface area contributed by atoms with Gasteiger partial charge < -0.3 is 10.1 Å². The van der Waals surface area contributed by atoms with E-state index in [1.807, 2.05) is 0 Å². The molecule has 2 unspecified atom stereocenters. The van der Waals surface area contributed by atoms with Gasteiger partial charge in [-0.05, 0) is 38.0 Å². The van der Waals surface area contributed by atoms with Gasteiger partial charge in [-0.2, -0.15) is 0 Å². The fraction of sp³-hybridized carbons (Fsp3) is 0.500. The number of sulfonamides is 1. The molecule has 144 valence electrons. The minimum atomic E-state index is -3.73. The molecule has 1 fully saturated rings. The summed E-state index contributed by atoms with van der Waals surface area (Å²) in [6, 6.07) is 6.03. The fourth-order valence-corrected chi connectivity index (χ4v) is 3.49. The molecule has 0 heterocycles. The third-order valence-electron chi connectivity index (χ3n) is 4.33. The zero-order chi connectivity index (χ0) is 19.8. The predicted octanol–water partition coefficient (Wildman–Crippen LogP) is 1.51. The highest BCUT2D eigenvalue weighted by Crippen LogP contribution is 2.64. The van der Waals surface area contributed by atoms with Crippen LogP contribution in [0.4, 0.5) is 0 Å². The van der Waals surface area contributed by atoms with E-state index in [4.69, 9.17) is 33.1 Å². The van der Waals surface area contributed by atoms with E-state index in [-0.39, 0.29) is 11.3 Å². The first-order valence-corrected chi connectivity index (χ1v) is 10.2. The number of amides is 1. The topological polar surface area (TPSA) is 116 Å². The van der Waals surface area contributed by atoms with E-state index in [2.05, 4.69) is 5.32 Å². The number of nitrogens with two attached hydrogens (primary N) is 1. The van der Waals surface area contributed by atoms with Crippen molar-refractivity contribution in [2.75, 3.05) is 6.54 Å². The van der Waals surface area contributed by atoms with Crippen LogP contribution in [0, 0.1) is 5.41 Å². The lowest BCUT2D eigenvalue weighted by atomic mass is 10.1. The van der Waals surface area contributed by atoms with Gasteiger partial charge in [0.25, 0.3) is 5.91 Å². The number of esters is 1. The van der Waals surface area contributed by atoms with Crippen LogP contribution in [0.3, 0.4) is 0 Å². The van der Waals surface area contributed by atoms with Crippen LogP contribution < -0.4 is 10.5 Å². The lowest BCUT2D eigenvalue weighted by Gasteiger charge is -2.17. The molecule has 10 heteroatoms. The van der Waals surface area contributed by atoms with Gasteiger partial charge in [-0.25, -0.2) is 13.6 Å². The van der Waals surface area contributed by atoms with Gasteiger partial charge in [-0.1, -0.05) is 12.1 Å². The molecule has 0 spiro atoms. The van der Waals surface area contributed by atoms with Crippen molar-refractivity contribution in [3.63, 3.8) is 0 Å². The van der Waals surface area contributed by atoms with Crippen molar-refractivity contribution < 1.29 is 22.7 Å². The summed E-state index contributed by atoms with van der Waals surface area (Å²) in [4.78, 5) is 24.1. The number of halogens is 2. The summed E-state index contributed by atoms with van der Waals surface area (Å²) in [5.74, 6) is -1.05. The van der Waals surface area contributed by atoms with Crippen LogP contribution in [0.1, 0.15) is 25.8 Å². The molecule has 26 heavy (non-hydrogen) atoms.